The Balaban J connectivity index is 2.61. The summed E-state index contributed by atoms with van der Waals surface area (Å²) in [6.07, 6.45) is 2.10. The molecule has 0 unspecified atom stereocenters. The maximum atomic E-state index is 6.14. The highest BCUT2D eigenvalue weighted by Gasteiger charge is 2.17. The van der Waals surface area contributed by atoms with Crippen LogP contribution >= 0.6 is 23.2 Å². The molecule has 0 spiro atoms. The zero-order valence-electron chi connectivity index (χ0n) is 10.1. The van der Waals surface area contributed by atoms with Crippen LogP contribution < -0.4 is 5.32 Å². The van der Waals surface area contributed by atoms with Gasteiger partial charge in [-0.2, -0.15) is 0 Å². The maximum Gasteiger partial charge on any atom is 0.0452 e. The fourth-order valence-corrected chi connectivity index (χ4v) is 2.27. The van der Waals surface area contributed by atoms with Crippen molar-refractivity contribution in [2.45, 2.75) is 26.7 Å². The summed E-state index contributed by atoms with van der Waals surface area (Å²) in [5.74, 6) is 0. The average Bonchev–Trinajstić information content (AvgIpc) is 2.16. The minimum absolute atomic E-state index is 0.289. The van der Waals surface area contributed by atoms with E-state index >= 15 is 0 Å². The summed E-state index contributed by atoms with van der Waals surface area (Å²) in [6.45, 7) is 5.53. The molecule has 16 heavy (non-hydrogen) atoms. The average molecular weight is 260 g/mol. The number of hydrogen-bond acceptors (Lipinski definition) is 1. The van der Waals surface area contributed by atoms with Crippen molar-refractivity contribution in [1.29, 1.82) is 0 Å². The minimum Gasteiger partial charge on any atom is -0.319 e. The van der Waals surface area contributed by atoms with E-state index < -0.39 is 0 Å². The van der Waals surface area contributed by atoms with Gasteiger partial charge in [0.2, 0.25) is 0 Å². The molecular formula is C13H19Cl2N. The van der Waals surface area contributed by atoms with Crippen molar-refractivity contribution in [2.24, 2.45) is 5.41 Å². The van der Waals surface area contributed by atoms with Gasteiger partial charge in [-0.05, 0) is 49.5 Å². The van der Waals surface area contributed by atoms with E-state index in [9.17, 15) is 0 Å². The lowest BCUT2D eigenvalue weighted by atomic mass is 9.86. The first kappa shape index (κ1) is 13.8. The summed E-state index contributed by atoms with van der Waals surface area (Å²) >= 11 is 12.0. The highest BCUT2D eigenvalue weighted by atomic mass is 35.5. The first-order valence-corrected chi connectivity index (χ1v) is 6.29. The molecule has 0 radical (unpaired) electrons. The zero-order chi connectivity index (χ0) is 12.2. The molecule has 3 heteroatoms. The van der Waals surface area contributed by atoms with Crippen LogP contribution in [0.2, 0.25) is 10.0 Å². The van der Waals surface area contributed by atoms with Crippen LogP contribution in [0.5, 0.6) is 0 Å². The van der Waals surface area contributed by atoms with Crippen LogP contribution in [0.25, 0.3) is 0 Å². The quantitative estimate of drug-likeness (QED) is 0.837. The van der Waals surface area contributed by atoms with Gasteiger partial charge in [0, 0.05) is 10.0 Å². The van der Waals surface area contributed by atoms with Gasteiger partial charge in [0.1, 0.15) is 0 Å². The van der Waals surface area contributed by atoms with Crippen LogP contribution in [0.1, 0.15) is 25.8 Å². The lowest BCUT2D eigenvalue weighted by Gasteiger charge is -2.24. The van der Waals surface area contributed by atoms with Crippen molar-refractivity contribution >= 4 is 23.2 Å². The standard InChI is InChI=1S/C13H19Cl2N/c1-13(2,9-16-3)7-6-10-4-5-11(14)8-12(10)15/h4-5,8,16H,6-7,9H2,1-3H3. The molecule has 0 aliphatic rings. The normalized spacial score (nSPS) is 11.8. The van der Waals surface area contributed by atoms with Crippen molar-refractivity contribution in [2.75, 3.05) is 13.6 Å². The molecule has 0 saturated carbocycles. The van der Waals surface area contributed by atoms with E-state index in [0.717, 1.165) is 24.4 Å². The summed E-state index contributed by atoms with van der Waals surface area (Å²) in [7, 11) is 1.98. The second kappa shape index (κ2) is 5.90. The third kappa shape index (κ3) is 4.32. The van der Waals surface area contributed by atoms with Gasteiger partial charge in [-0.25, -0.2) is 0 Å². The lowest BCUT2D eigenvalue weighted by molar-refractivity contribution is 0.324. The van der Waals surface area contributed by atoms with Gasteiger partial charge in [-0.3, -0.25) is 0 Å². The molecule has 0 atom stereocenters. The fourth-order valence-electron chi connectivity index (χ4n) is 1.76. The molecule has 0 aliphatic heterocycles. The Morgan fingerprint density at radius 1 is 1.25 bits per heavy atom. The third-order valence-corrected chi connectivity index (χ3v) is 3.33. The van der Waals surface area contributed by atoms with Crippen molar-refractivity contribution in [3.63, 3.8) is 0 Å². The van der Waals surface area contributed by atoms with Gasteiger partial charge >= 0.3 is 0 Å². The van der Waals surface area contributed by atoms with Gasteiger partial charge in [-0.1, -0.05) is 43.1 Å². The monoisotopic (exact) mass is 259 g/mol. The molecule has 90 valence electrons. The van der Waals surface area contributed by atoms with Gasteiger partial charge in [-0.15, -0.1) is 0 Å². The minimum atomic E-state index is 0.289. The van der Waals surface area contributed by atoms with Crippen LogP contribution in [0, 0.1) is 5.41 Å². The first-order chi connectivity index (χ1) is 7.44. The molecular weight excluding hydrogens is 241 g/mol. The highest BCUT2D eigenvalue weighted by Crippen LogP contribution is 2.26. The maximum absolute atomic E-state index is 6.14. The van der Waals surface area contributed by atoms with Crippen molar-refractivity contribution in [1.82, 2.24) is 5.32 Å². The fraction of sp³-hybridized carbons (Fsp3) is 0.538. The van der Waals surface area contributed by atoms with Crippen molar-refractivity contribution in [3.05, 3.63) is 33.8 Å². The summed E-state index contributed by atoms with van der Waals surface area (Å²) in [5, 5.41) is 4.68. The Labute approximate surface area is 108 Å². The Morgan fingerprint density at radius 3 is 2.50 bits per heavy atom. The van der Waals surface area contributed by atoms with Crippen LogP contribution in [0.3, 0.4) is 0 Å². The molecule has 0 aliphatic carbocycles. The molecule has 1 N–H and O–H groups in total. The third-order valence-electron chi connectivity index (χ3n) is 2.74. The van der Waals surface area contributed by atoms with E-state index in [1.54, 1.807) is 0 Å². The predicted molar refractivity (Wildman–Crippen MR) is 72.5 cm³/mol. The molecule has 0 fully saturated rings. The molecule has 0 bridgehead atoms. The summed E-state index contributed by atoms with van der Waals surface area (Å²) in [4.78, 5) is 0. The number of halogens is 2. The SMILES string of the molecule is CNCC(C)(C)CCc1ccc(Cl)cc1Cl. The number of rotatable bonds is 5. The molecule has 1 rings (SSSR count). The van der Waals surface area contributed by atoms with E-state index in [2.05, 4.69) is 19.2 Å². The smallest absolute Gasteiger partial charge is 0.0452 e. The van der Waals surface area contributed by atoms with Crippen LogP contribution in [-0.2, 0) is 6.42 Å². The zero-order valence-corrected chi connectivity index (χ0v) is 11.6. The largest absolute Gasteiger partial charge is 0.319 e. The number of nitrogens with one attached hydrogen (secondary N) is 1. The van der Waals surface area contributed by atoms with Gasteiger partial charge in [0.25, 0.3) is 0 Å². The molecule has 0 amide bonds. The number of aryl methyl sites for hydroxylation is 1. The molecule has 1 nitrogen and oxygen atoms in total. The van der Waals surface area contributed by atoms with Gasteiger partial charge < -0.3 is 5.32 Å². The molecule has 0 aromatic heterocycles. The van der Waals surface area contributed by atoms with Crippen molar-refractivity contribution in [3.8, 4) is 0 Å². The molecule has 0 heterocycles. The van der Waals surface area contributed by atoms with Crippen LogP contribution in [0.4, 0.5) is 0 Å². The Hall–Kier alpha value is -0.240. The van der Waals surface area contributed by atoms with Crippen LogP contribution in [-0.4, -0.2) is 13.6 Å². The summed E-state index contributed by atoms with van der Waals surface area (Å²) in [5.41, 5.74) is 1.47. The van der Waals surface area contributed by atoms with Crippen molar-refractivity contribution < 1.29 is 0 Å². The topological polar surface area (TPSA) is 12.0 Å². The molecule has 0 saturated heterocycles. The Kier molecular flexibility index (Phi) is 5.10. The van der Waals surface area contributed by atoms with E-state index in [4.69, 9.17) is 23.2 Å². The second-order valence-corrected chi connectivity index (χ2v) is 5.77. The summed E-state index contributed by atoms with van der Waals surface area (Å²) < 4.78 is 0. The van der Waals surface area contributed by atoms with E-state index in [0.29, 0.717) is 5.02 Å². The predicted octanol–water partition coefficient (Wildman–Crippen LogP) is 4.17. The first-order valence-electron chi connectivity index (χ1n) is 5.53. The Bertz CT molecular complexity index is 348. The lowest BCUT2D eigenvalue weighted by Crippen LogP contribution is -2.27. The molecule has 1 aromatic carbocycles. The van der Waals surface area contributed by atoms with E-state index in [1.807, 2.05) is 25.2 Å². The highest BCUT2D eigenvalue weighted by molar-refractivity contribution is 6.35. The number of hydrogen-bond donors (Lipinski definition) is 1. The summed E-state index contributed by atoms with van der Waals surface area (Å²) in [6, 6.07) is 5.72. The van der Waals surface area contributed by atoms with E-state index in [-0.39, 0.29) is 5.41 Å². The van der Waals surface area contributed by atoms with Gasteiger partial charge in [0.15, 0.2) is 0 Å². The Morgan fingerprint density at radius 2 is 1.94 bits per heavy atom. The van der Waals surface area contributed by atoms with Gasteiger partial charge in [0.05, 0.1) is 0 Å². The van der Waals surface area contributed by atoms with E-state index in [1.165, 1.54) is 5.56 Å². The molecule has 1 aromatic rings. The second-order valence-electron chi connectivity index (χ2n) is 4.93. The number of benzene rings is 1. The van der Waals surface area contributed by atoms with Crippen LogP contribution in [0.15, 0.2) is 18.2 Å².